The van der Waals surface area contributed by atoms with Crippen molar-refractivity contribution in [3.8, 4) is 0 Å². The lowest BCUT2D eigenvalue weighted by Gasteiger charge is -2.38. The van der Waals surface area contributed by atoms with Gasteiger partial charge in [-0.3, -0.25) is 14.6 Å². The standard InChI is InChI=1S/C22H29FN2O2S/c23-19-4-2-1-3-18(19)21(22(26)16-5-6-16)25-10-8-20(28)17(15-25)7-9-24-11-13-27-14-12-24/h1-4,7,16,20-21,28H,5-6,8-15H2/b17-7-. The van der Waals surface area contributed by atoms with Gasteiger partial charge in [-0.1, -0.05) is 24.3 Å². The molecule has 28 heavy (non-hydrogen) atoms. The first-order valence-corrected chi connectivity index (χ1v) is 10.8. The van der Waals surface area contributed by atoms with Gasteiger partial charge < -0.3 is 4.74 Å². The van der Waals surface area contributed by atoms with Crippen molar-refractivity contribution < 1.29 is 13.9 Å². The molecular weight excluding hydrogens is 375 g/mol. The lowest BCUT2D eigenvalue weighted by molar-refractivity contribution is -0.126. The molecule has 1 aliphatic carbocycles. The molecule has 2 saturated heterocycles. The quantitative estimate of drug-likeness (QED) is 0.583. The maximum absolute atomic E-state index is 14.6. The number of rotatable bonds is 6. The van der Waals surface area contributed by atoms with E-state index in [1.54, 1.807) is 12.1 Å². The predicted molar refractivity (Wildman–Crippen MR) is 111 cm³/mol. The second-order valence-electron chi connectivity index (χ2n) is 8.07. The molecule has 0 bridgehead atoms. The van der Waals surface area contributed by atoms with Crippen LogP contribution in [0.5, 0.6) is 0 Å². The average molecular weight is 405 g/mol. The first-order valence-electron chi connectivity index (χ1n) is 10.3. The largest absolute Gasteiger partial charge is 0.379 e. The van der Waals surface area contributed by atoms with Gasteiger partial charge in [0.1, 0.15) is 5.82 Å². The van der Waals surface area contributed by atoms with E-state index < -0.39 is 6.04 Å². The molecule has 6 heteroatoms. The molecule has 2 heterocycles. The normalized spacial score (nSPS) is 27.1. The number of hydrogen-bond acceptors (Lipinski definition) is 5. The number of ketones is 1. The van der Waals surface area contributed by atoms with Gasteiger partial charge in [0.15, 0.2) is 5.78 Å². The van der Waals surface area contributed by atoms with Crippen molar-refractivity contribution in [3.63, 3.8) is 0 Å². The number of benzene rings is 1. The Morgan fingerprint density at radius 3 is 2.68 bits per heavy atom. The van der Waals surface area contributed by atoms with Crippen LogP contribution in [-0.2, 0) is 9.53 Å². The lowest BCUT2D eigenvalue weighted by atomic mass is 9.93. The van der Waals surface area contributed by atoms with Crippen LogP contribution in [-0.4, -0.2) is 66.8 Å². The molecule has 4 rings (SSSR count). The smallest absolute Gasteiger partial charge is 0.157 e. The number of halogens is 1. The molecule has 0 radical (unpaired) electrons. The van der Waals surface area contributed by atoms with E-state index in [9.17, 15) is 9.18 Å². The topological polar surface area (TPSA) is 32.8 Å². The Hall–Kier alpha value is -1.21. The third-order valence-electron chi connectivity index (χ3n) is 6.03. The van der Waals surface area contributed by atoms with Gasteiger partial charge in [0.25, 0.3) is 0 Å². The Labute approximate surface area is 172 Å². The molecule has 0 N–H and O–H groups in total. The Kier molecular flexibility index (Phi) is 6.51. The summed E-state index contributed by atoms with van der Waals surface area (Å²) in [5.41, 5.74) is 1.76. The van der Waals surface area contributed by atoms with Gasteiger partial charge in [0.2, 0.25) is 0 Å². The van der Waals surface area contributed by atoms with Gasteiger partial charge in [0.05, 0.1) is 19.3 Å². The molecular formula is C22H29FN2O2S. The van der Waals surface area contributed by atoms with Crippen molar-refractivity contribution in [3.05, 3.63) is 47.3 Å². The SMILES string of the molecule is O=C(C1CC1)C(c1ccccc1F)N1CCC(S)/C(=C\CN2CCOCC2)C1. The highest BCUT2D eigenvalue weighted by Gasteiger charge is 2.40. The third-order valence-corrected chi connectivity index (χ3v) is 6.62. The maximum atomic E-state index is 14.6. The number of thiol groups is 1. The molecule has 2 atom stereocenters. The molecule has 0 amide bonds. The van der Waals surface area contributed by atoms with Crippen molar-refractivity contribution in [2.45, 2.75) is 30.6 Å². The van der Waals surface area contributed by atoms with Crippen LogP contribution in [0.15, 0.2) is 35.9 Å². The van der Waals surface area contributed by atoms with E-state index in [0.717, 1.165) is 58.7 Å². The molecule has 1 aromatic rings. The van der Waals surface area contributed by atoms with Crippen molar-refractivity contribution in [1.29, 1.82) is 0 Å². The summed E-state index contributed by atoms with van der Waals surface area (Å²) >= 11 is 4.78. The Bertz CT molecular complexity index is 731. The van der Waals surface area contributed by atoms with Crippen LogP contribution in [0.1, 0.15) is 30.9 Å². The van der Waals surface area contributed by atoms with E-state index in [1.807, 2.05) is 6.07 Å². The number of hydrogen-bond donors (Lipinski definition) is 1. The highest BCUT2D eigenvalue weighted by atomic mass is 32.1. The number of ether oxygens (including phenoxy) is 1. The van der Waals surface area contributed by atoms with E-state index in [0.29, 0.717) is 12.1 Å². The lowest BCUT2D eigenvalue weighted by Crippen LogP contribution is -2.43. The van der Waals surface area contributed by atoms with Crippen LogP contribution in [0, 0.1) is 11.7 Å². The zero-order chi connectivity index (χ0) is 19.5. The Morgan fingerprint density at radius 2 is 1.96 bits per heavy atom. The van der Waals surface area contributed by atoms with Crippen LogP contribution < -0.4 is 0 Å². The van der Waals surface area contributed by atoms with E-state index in [1.165, 1.54) is 11.6 Å². The fourth-order valence-corrected chi connectivity index (χ4v) is 4.46. The molecule has 0 spiro atoms. The fraction of sp³-hybridized carbons (Fsp3) is 0.591. The predicted octanol–water partition coefficient (Wildman–Crippen LogP) is 3.11. The minimum absolute atomic E-state index is 0.0964. The van der Waals surface area contributed by atoms with Crippen LogP contribution in [0.3, 0.4) is 0 Å². The summed E-state index contributed by atoms with van der Waals surface area (Å²) < 4.78 is 20.0. The van der Waals surface area contributed by atoms with Gasteiger partial charge in [-0.2, -0.15) is 12.6 Å². The van der Waals surface area contributed by atoms with E-state index in [4.69, 9.17) is 17.4 Å². The Balaban J connectivity index is 1.53. The molecule has 2 aliphatic heterocycles. The second kappa shape index (κ2) is 9.08. The molecule has 4 nitrogen and oxygen atoms in total. The highest BCUT2D eigenvalue weighted by Crippen LogP contribution is 2.39. The summed E-state index contributed by atoms with van der Waals surface area (Å²) in [7, 11) is 0. The number of likely N-dealkylation sites (tertiary alicyclic amines) is 1. The van der Waals surface area contributed by atoms with Crippen LogP contribution in [0.2, 0.25) is 0 Å². The summed E-state index contributed by atoms with van der Waals surface area (Å²) in [5.74, 6) is -0.0114. The van der Waals surface area contributed by atoms with Gasteiger partial charge in [0, 0.05) is 49.5 Å². The van der Waals surface area contributed by atoms with Crippen LogP contribution in [0.25, 0.3) is 0 Å². The highest BCUT2D eigenvalue weighted by molar-refractivity contribution is 7.81. The molecule has 3 fully saturated rings. The van der Waals surface area contributed by atoms with Gasteiger partial charge in [-0.25, -0.2) is 4.39 Å². The number of Topliss-reactive ketones (excluding diaryl/α,β-unsaturated/α-hetero) is 1. The first-order chi connectivity index (χ1) is 13.6. The van der Waals surface area contributed by atoms with Gasteiger partial charge in [-0.15, -0.1) is 0 Å². The number of nitrogens with zero attached hydrogens (tertiary/aromatic N) is 2. The fourth-order valence-electron chi connectivity index (χ4n) is 4.16. The van der Waals surface area contributed by atoms with E-state index in [-0.39, 0.29) is 22.8 Å². The number of carbonyl (C=O) groups excluding carboxylic acids is 1. The summed E-state index contributed by atoms with van der Waals surface area (Å²) in [6, 6.07) is 6.26. The number of carbonyl (C=O) groups is 1. The molecule has 2 unspecified atom stereocenters. The maximum Gasteiger partial charge on any atom is 0.157 e. The second-order valence-corrected chi connectivity index (χ2v) is 8.69. The van der Waals surface area contributed by atoms with Crippen molar-refractivity contribution in [1.82, 2.24) is 9.80 Å². The van der Waals surface area contributed by atoms with Crippen molar-refractivity contribution in [2.75, 3.05) is 45.9 Å². The van der Waals surface area contributed by atoms with E-state index in [2.05, 4.69) is 15.9 Å². The average Bonchev–Trinajstić information content (AvgIpc) is 3.56. The van der Waals surface area contributed by atoms with Crippen molar-refractivity contribution in [2.24, 2.45) is 5.92 Å². The number of piperidine rings is 1. The van der Waals surface area contributed by atoms with Crippen molar-refractivity contribution >= 4 is 18.4 Å². The van der Waals surface area contributed by atoms with Crippen LogP contribution >= 0.6 is 12.6 Å². The summed E-state index contributed by atoms with van der Waals surface area (Å²) in [6.07, 6.45) is 5.01. The minimum atomic E-state index is -0.485. The minimum Gasteiger partial charge on any atom is -0.379 e. The molecule has 1 saturated carbocycles. The Morgan fingerprint density at radius 1 is 1.21 bits per heavy atom. The van der Waals surface area contributed by atoms with Gasteiger partial charge in [-0.05, 0) is 30.9 Å². The molecule has 0 aromatic heterocycles. The molecule has 3 aliphatic rings. The van der Waals surface area contributed by atoms with E-state index >= 15 is 0 Å². The number of morpholine rings is 1. The monoisotopic (exact) mass is 404 g/mol. The summed E-state index contributed by atoms with van der Waals surface area (Å²) in [6.45, 7) is 5.78. The zero-order valence-corrected chi connectivity index (χ0v) is 17.1. The molecule has 1 aromatic carbocycles. The zero-order valence-electron chi connectivity index (χ0n) is 16.2. The van der Waals surface area contributed by atoms with Gasteiger partial charge >= 0.3 is 0 Å². The summed E-state index contributed by atoms with van der Waals surface area (Å²) in [4.78, 5) is 17.6. The summed E-state index contributed by atoms with van der Waals surface area (Å²) in [5, 5.41) is 0.203. The first kappa shape index (κ1) is 20.1. The molecule has 152 valence electrons. The third kappa shape index (κ3) is 4.67. The van der Waals surface area contributed by atoms with Crippen LogP contribution in [0.4, 0.5) is 4.39 Å².